The summed E-state index contributed by atoms with van der Waals surface area (Å²) in [6.07, 6.45) is 4.52. The molecule has 1 unspecified atom stereocenters. The second kappa shape index (κ2) is 7.06. The standard InChI is InChI=1S/C12H20N2O2/c1-2-10(13)7-8-14-12(15)6-5-11-4-3-9-16-11/h3-4,9-10H,2,5-8,13H2,1H3,(H,14,15). The van der Waals surface area contributed by atoms with Crippen molar-refractivity contribution in [2.45, 2.75) is 38.6 Å². The lowest BCUT2D eigenvalue weighted by molar-refractivity contribution is -0.121. The smallest absolute Gasteiger partial charge is 0.220 e. The molecule has 0 aliphatic heterocycles. The number of aryl methyl sites for hydroxylation is 1. The van der Waals surface area contributed by atoms with E-state index in [4.69, 9.17) is 10.2 Å². The Balaban J connectivity index is 2.07. The molecule has 0 saturated heterocycles. The van der Waals surface area contributed by atoms with E-state index in [1.54, 1.807) is 6.26 Å². The Hall–Kier alpha value is -1.29. The zero-order valence-electron chi connectivity index (χ0n) is 9.74. The number of amides is 1. The van der Waals surface area contributed by atoms with Gasteiger partial charge in [-0.3, -0.25) is 4.79 Å². The third kappa shape index (κ3) is 4.98. The van der Waals surface area contributed by atoms with E-state index in [2.05, 4.69) is 5.32 Å². The molecular weight excluding hydrogens is 204 g/mol. The third-order valence-electron chi connectivity index (χ3n) is 2.54. The zero-order valence-corrected chi connectivity index (χ0v) is 9.74. The van der Waals surface area contributed by atoms with E-state index in [0.717, 1.165) is 18.6 Å². The molecule has 3 N–H and O–H groups in total. The number of carbonyl (C=O) groups excluding carboxylic acids is 1. The van der Waals surface area contributed by atoms with Gasteiger partial charge < -0.3 is 15.5 Å². The minimum atomic E-state index is 0.0553. The Kier molecular flexibility index (Phi) is 5.64. The first-order valence-corrected chi connectivity index (χ1v) is 5.77. The topological polar surface area (TPSA) is 68.3 Å². The van der Waals surface area contributed by atoms with Gasteiger partial charge in [-0.25, -0.2) is 0 Å². The third-order valence-corrected chi connectivity index (χ3v) is 2.54. The Morgan fingerprint density at radius 1 is 1.62 bits per heavy atom. The van der Waals surface area contributed by atoms with Crippen molar-refractivity contribution in [3.05, 3.63) is 24.2 Å². The van der Waals surface area contributed by atoms with Crippen LogP contribution >= 0.6 is 0 Å². The summed E-state index contributed by atoms with van der Waals surface area (Å²) in [5.41, 5.74) is 5.74. The number of nitrogens with two attached hydrogens (primary N) is 1. The van der Waals surface area contributed by atoms with E-state index in [0.29, 0.717) is 19.4 Å². The van der Waals surface area contributed by atoms with Gasteiger partial charge in [0.25, 0.3) is 0 Å². The van der Waals surface area contributed by atoms with Crippen LogP contribution in [0.25, 0.3) is 0 Å². The Morgan fingerprint density at radius 3 is 3.06 bits per heavy atom. The fraction of sp³-hybridized carbons (Fsp3) is 0.583. The molecule has 1 aromatic rings. The van der Waals surface area contributed by atoms with E-state index < -0.39 is 0 Å². The molecule has 1 rings (SSSR count). The summed E-state index contributed by atoms with van der Waals surface area (Å²) in [5.74, 6) is 0.903. The van der Waals surface area contributed by atoms with Crippen molar-refractivity contribution in [2.24, 2.45) is 5.73 Å². The molecule has 0 radical (unpaired) electrons. The number of nitrogens with one attached hydrogen (secondary N) is 1. The van der Waals surface area contributed by atoms with Gasteiger partial charge in [-0.2, -0.15) is 0 Å². The molecule has 0 aliphatic carbocycles. The van der Waals surface area contributed by atoms with E-state index >= 15 is 0 Å². The molecule has 0 aliphatic rings. The van der Waals surface area contributed by atoms with Crippen molar-refractivity contribution in [3.63, 3.8) is 0 Å². The lowest BCUT2D eigenvalue weighted by Crippen LogP contribution is -2.30. The lowest BCUT2D eigenvalue weighted by Gasteiger charge is -2.09. The molecule has 90 valence electrons. The maximum absolute atomic E-state index is 11.4. The highest BCUT2D eigenvalue weighted by Crippen LogP contribution is 2.03. The van der Waals surface area contributed by atoms with E-state index in [1.165, 1.54) is 0 Å². The van der Waals surface area contributed by atoms with Crippen LogP contribution in [-0.4, -0.2) is 18.5 Å². The molecule has 1 atom stereocenters. The maximum atomic E-state index is 11.4. The molecule has 4 heteroatoms. The van der Waals surface area contributed by atoms with Crippen LogP contribution in [-0.2, 0) is 11.2 Å². The minimum Gasteiger partial charge on any atom is -0.469 e. The second-order valence-corrected chi connectivity index (χ2v) is 3.89. The van der Waals surface area contributed by atoms with Crippen LogP contribution in [0, 0.1) is 0 Å². The molecule has 16 heavy (non-hydrogen) atoms. The van der Waals surface area contributed by atoms with Gasteiger partial charge in [0.2, 0.25) is 5.91 Å². The fourth-order valence-electron chi connectivity index (χ4n) is 1.38. The lowest BCUT2D eigenvalue weighted by atomic mass is 10.1. The maximum Gasteiger partial charge on any atom is 0.220 e. The minimum absolute atomic E-state index is 0.0553. The van der Waals surface area contributed by atoms with Crippen LogP contribution < -0.4 is 11.1 Å². The van der Waals surface area contributed by atoms with Crippen molar-refractivity contribution < 1.29 is 9.21 Å². The van der Waals surface area contributed by atoms with Crippen LogP contribution in [0.1, 0.15) is 31.9 Å². The largest absolute Gasteiger partial charge is 0.469 e. The Morgan fingerprint density at radius 2 is 2.44 bits per heavy atom. The Labute approximate surface area is 96.2 Å². The van der Waals surface area contributed by atoms with Gasteiger partial charge in [-0.1, -0.05) is 6.92 Å². The average molecular weight is 224 g/mol. The summed E-state index contributed by atoms with van der Waals surface area (Å²) >= 11 is 0. The number of hydrogen-bond donors (Lipinski definition) is 2. The quantitative estimate of drug-likeness (QED) is 0.736. The number of hydrogen-bond acceptors (Lipinski definition) is 3. The SMILES string of the molecule is CCC(N)CCNC(=O)CCc1ccco1. The normalized spacial score (nSPS) is 12.4. The van der Waals surface area contributed by atoms with Crippen molar-refractivity contribution >= 4 is 5.91 Å². The molecule has 1 amide bonds. The summed E-state index contributed by atoms with van der Waals surface area (Å²) < 4.78 is 5.14. The highest BCUT2D eigenvalue weighted by Gasteiger charge is 2.04. The summed E-state index contributed by atoms with van der Waals surface area (Å²) in [6, 6.07) is 3.89. The average Bonchev–Trinajstić information content (AvgIpc) is 2.79. The van der Waals surface area contributed by atoms with Gasteiger partial charge in [-0.05, 0) is 25.0 Å². The first-order valence-electron chi connectivity index (χ1n) is 5.77. The van der Waals surface area contributed by atoms with E-state index in [9.17, 15) is 4.79 Å². The number of furan rings is 1. The van der Waals surface area contributed by atoms with Crippen molar-refractivity contribution in [3.8, 4) is 0 Å². The fourth-order valence-corrected chi connectivity index (χ4v) is 1.38. The van der Waals surface area contributed by atoms with Crippen LogP contribution in [0.2, 0.25) is 0 Å². The molecule has 0 aromatic carbocycles. The van der Waals surface area contributed by atoms with Gasteiger partial charge in [0.1, 0.15) is 5.76 Å². The summed E-state index contributed by atoms with van der Waals surface area (Å²) in [6.45, 7) is 2.70. The van der Waals surface area contributed by atoms with Gasteiger partial charge in [0.15, 0.2) is 0 Å². The van der Waals surface area contributed by atoms with Crippen LogP contribution in [0.3, 0.4) is 0 Å². The summed E-state index contributed by atoms with van der Waals surface area (Å²) in [4.78, 5) is 11.4. The van der Waals surface area contributed by atoms with Crippen LogP contribution in [0.4, 0.5) is 0 Å². The number of carbonyl (C=O) groups is 1. The second-order valence-electron chi connectivity index (χ2n) is 3.89. The van der Waals surface area contributed by atoms with Gasteiger partial charge in [0, 0.05) is 25.4 Å². The molecule has 1 heterocycles. The monoisotopic (exact) mass is 224 g/mol. The van der Waals surface area contributed by atoms with Crippen molar-refractivity contribution in [1.29, 1.82) is 0 Å². The molecule has 0 spiro atoms. The molecule has 0 fully saturated rings. The van der Waals surface area contributed by atoms with Gasteiger partial charge in [0.05, 0.1) is 6.26 Å². The highest BCUT2D eigenvalue weighted by atomic mass is 16.3. The van der Waals surface area contributed by atoms with Gasteiger partial charge in [-0.15, -0.1) is 0 Å². The predicted molar refractivity (Wildman–Crippen MR) is 62.9 cm³/mol. The molecular formula is C12H20N2O2. The molecule has 0 bridgehead atoms. The predicted octanol–water partition coefficient (Wildman–Crippen LogP) is 1.46. The Bertz CT molecular complexity index is 296. The van der Waals surface area contributed by atoms with Gasteiger partial charge >= 0.3 is 0 Å². The van der Waals surface area contributed by atoms with Crippen LogP contribution in [0.15, 0.2) is 22.8 Å². The van der Waals surface area contributed by atoms with Crippen LogP contribution in [0.5, 0.6) is 0 Å². The van der Waals surface area contributed by atoms with E-state index in [-0.39, 0.29) is 11.9 Å². The number of rotatable bonds is 7. The highest BCUT2D eigenvalue weighted by molar-refractivity contribution is 5.76. The van der Waals surface area contributed by atoms with E-state index in [1.807, 2.05) is 19.1 Å². The molecule has 4 nitrogen and oxygen atoms in total. The first kappa shape index (κ1) is 12.8. The summed E-state index contributed by atoms with van der Waals surface area (Å²) in [5, 5.41) is 2.85. The van der Waals surface area contributed by atoms with Crippen molar-refractivity contribution in [1.82, 2.24) is 5.32 Å². The molecule has 0 saturated carbocycles. The first-order chi connectivity index (χ1) is 7.72. The van der Waals surface area contributed by atoms with Crippen molar-refractivity contribution in [2.75, 3.05) is 6.54 Å². The summed E-state index contributed by atoms with van der Waals surface area (Å²) in [7, 11) is 0. The molecule has 1 aromatic heterocycles. The zero-order chi connectivity index (χ0) is 11.8.